The van der Waals surface area contributed by atoms with Crippen molar-refractivity contribution in [3.8, 4) is 0 Å². The average molecular weight is 447 g/mol. The van der Waals surface area contributed by atoms with Crippen molar-refractivity contribution in [1.29, 1.82) is 0 Å². The fourth-order valence-corrected chi connectivity index (χ4v) is 6.44. The summed E-state index contributed by atoms with van der Waals surface area (Å²) in [6.07, 6.45) is 4.70. The number of likely N-dealkylation sites (N-methyl/N-ethyl adjacent to an activating group) is 1. The van der Waals surface area contributed by atoms with Crippen LogP contribution in [0.25, 0.3) is 10.9 Å². The molecule has 1 aromatic heterocycles. The van der Waals surface area contributed by atoms with Crippen LogP contribution in [0.1, 0.15) is 46.1 Å². The Morgan fingerprint density at radius 2 is 1.90 bits per heavy atom. The standard InChI is InChI=1S/C22H34N6O2S/c1-15-13-27(14-16(2)26(15)4)20-9-18(31(29,30)25-22(3)6-7-22)10-21-19(20)12-24-28(21)17-5-8-23-11-17/h9-10,12,15-17,23,25H,5-8,11,13-14H2,1-4H3/t15-,16+,17?. The third-order valence-corrected chi connectivity index (χ3v) is 9.06. The van der Waals surface area contributed by atoms with E-state index in [4.69, 9.17) is 5.10 Å². The minimum absolute atomic E-state index is 0.252. The summed E-state index contributed by atoms with van der Waals surface area (Å²) in [5, 5.41) is 9.15. The van der Waals surface area contributed by atoms with E-state index in [0.717, 1.165) is 62.0 Å². The first-order valence-corrected chi connectivity index (χ1v) is 12.9. The van der Waals surface area contributed by atoms with Crippen LogP contribution >= 0.6 is 0 Å². The average Bonchev–Trinajstić information content (AvgIpc) is 3.13. The maximum absolute atomic E-state index is 13.3. The summed E-state index contributed by atoms with van der Waals surface area (Å²) in [5.74, 6) is 0. The van der Waals surface area contributed by atoms with E-state index in [9.17, 15) is 8.42 Å². The van der Waals surface area contributed by atoms with E-state index in [0.29, 0.717) is 17.0 Å². The number of nitrogens with one attached hydrogen (secondary N) is 2. The number of rotatable bonds is 5. The summed E-state index contributed by atoms with van der Waals surface area (Å²) in [4.78, 5) is 5.07. The molecule has 31 heavy (non-hydrogen) atoms. The van der Waals surface area contributed by atoms with E-state index < -0.39 is 10.0 Å². The molecule has 0 radical (unpaired) electrons. The first-order chi connectivity index (χ1) is 14.7. The highest BCUT2D eigenvalue weighted by molar-refractivity contribution is 7.89. The van der Waals surface area contributed by atoms with Crippen molar-refractivity contribution in [2.45, 2.75) is 68.6 Å². The van der Waals surface area contributed by atoms with E-state index >= 15 is 0 Å². The molecule has 8 nitrogen and oxygen atoms in total. The zero-order chi connectivity index (χ0) is 22.0. The van der Waals surface area contributed by atoms with E-state index in [1.54, 1.807) is 0 Å². The molecule has 1 unspecified atom stereocenters. The Labute approximate surface area is 185 Å². The highest BCUT2D eigenvalue weighted by Crippen LogP contribution is 2.38. The lowest BCUT2D eigenvalue weighted by atomic mass is 10.1. The SMILES string of the molecule is C[C@@H]1CN(c2cc(S(=O)(=O)NC3(C)CC3)cc3c2cnn3C2CCNC2)C[C@H](C)N1C. The molecule has 0 bridgehead atoms. The Morgan fingerprint density at radius 1 is 1.19 bits per heavy atom. The Hall–Kier alpha value is -1.68. The van der Waals surface area contributed by atoms with Crippen molar-refractivity contribution >= 4 is 26.6 Å². The third kappa shape index (κ3) is 3.86. The first kappa shape index (κ1) is 21.2. The summed E-state index contributed by atoms with van der Waals surface area (Å²) in [7, 11) is -1.45. The molecule has 5 rings (SSSR count). The highest BCUT2D eigenvalue weighted by Gasteiger charge is 2.41. The maximum Gasteiger partial charge on any atom is 0.241 e. The maximum atomic E-state index is 13.3. The molecule has 0 amide bonds. The molecule has 1 saturated carbocycles. The first-order valence-electron chi connectivity index (χ1n) is 11.4. The Bertz CT molecular complexity index is 1070. The van der Waals surface area contributed by atoms with Crippen molar-refractivity contribution < 1.29 is 8.42 Å². The van der Waals surface area contributed by atoms with Crippen LogP contribution in [0.3, 0.4) is 0 Å². The van der Waals surface area contributed by atoms with Gasteiger partial charge in [0.05, 0.1) is 22.7 Å². The minimum Gasteiger partial charge on any atom is -0.368 e. The number of benzene rings is 1. The van der Waals surface area contributed by atoms with E-state index in [2.05, 4.69) is 40.7 Å². The van der Waals surface area contributed by atoms with Gasteiger partial charge in [0, 0.05) is 48.3 Å². The second-order valence-corrected chi connectivity index (χ2v) is 11.7. The predicted molar refractivity (Wildman–Crippen MR) is 123 cm³/mol. The number of hydrogen-bond acceptors (Lipinski definition) is 6. The zero-order valence-electron chi connectivity index (χ0n) is 18.9. The smallest absolute Gasteiger partial charge is 0.241 e. The van der Waals surface area contributed by atoms with Gasteiger partial charge >= 0.3 is 0 Å². The number of aromatic nitrogens is 2. The van der Waals surface area contributed by atoms with Crippen LogP contribution in [-0.2, 0) is 10.0 Å². The molecule has 2 aromatic rings. The second kappa shape index (κ2) is 7.43. The Balaban J connectivity index is 1.63. The lowest BCUT2D eigenvalue weighted by molar-refractivity contribution is 0.170. The molecule has 170 valence electrons. The summed E-state index contributed by atoms with van der Waals surface area (Å²) >= 11 is 0. The lowest BCUT2D eigenvalue weighted by Gasteiger charge is -2.43. The van der Waals surface area contributed by atoms with E-state index in [-0.39, 0.29) is 11.6 Å². The molecule has 9 heteroatoms. The molecular weight excluding hydrogens is 412 g/mol. The van der Waals surface area contributed by atoms with Gasteiger partial charge in [-0.2, -0.15) is 5.10 Å². The highest BCUT2D eigenvalue weighted by atomic mass is 32.2. The lowest BCUT2D eigenvalue weighted by Crippen LogP contribution is -2.55. The van der Waals surface area contributed by atoms with Gasteiger partial charge in [0.2, 0.25) is 10.0 Å². The summed E-state index contributed by atoms with van der Waals surface area (Å²) in [6, 6.07) is 4.71. The summed E-state index contributed by atoms with van der Waals surface area (Å²) < 4.78 is 31.6. The molecule has 2 saturated heterocycles. The van der Waals surface area contributed by atoms with Crippen LogP contribution in [0.4, 0.5) is 5.69 Å². The molecule has 1 aliphatic carbocycles. The largest absolute Gasteiger partial charge is 0.368 e. The predicted octanol–water partition coefficient (Wildman–Crippen LogP) is 1.93. The molecule has 0 spiro atoms. The molecule has 2 N–H and O–H groups in total. The van der Waals surface area contributed by atoms with Gasteiger partial charge in [-0.15, -0.1) is 0 Å². The van der Waals surface area contributed by atoms with Crippen molar-refractivity contribution in [3.63, 3.8) is 0 Å². The van der Waals surface area contributed by atoms with Gasteiger partial charge < -0.3 is 10.2 Å². The zero-order valence-corrected chi connectivity index (χ0v) is 19.7. The van der Waals surface area contributed by atoms with Crippen LogP contribution in [0.2, 0.25) is 0 Å². The summed E-state index contributed by atoms with van der Waals surface area (Å²) in [5.41, 5.74) is 1.58. The second-order valence-electron chi connectivity index (χ2n) is 10.0. The fraction of sp³-hybridized carbons (Fsp3) is 0.682. The number of nitrogens with zero attached hydrogens (tertiary/aromatic N) is 4. The monoisotopic (exact) mass is 446 g/mol. The van der Waals surface area contributed by atoms with Gasteiger partial charge in [-0.05, 0) is 65.8 Å². The number of fused-ring (bicyclic) bond motifs is 1. The van der Waals surface area contributed by atoms with Gasteiger partial charge in [0.1, 0.15) is 0 Å². The van der Waals surface area contributed by atoms with Gasteiger partial charge in [-0.25, -0.2) is 13.1 Å². The van der Waals surface area contributed by atoms with Gasteiger partial charge in [-0.3, -0.25) is 9.58 Å². The van der Waals surface area contributed by atoms with Crippen molar-refractivity contribution in [3.05, 3.63) is 18.3 Å². The molecule has 3 fully saturated rings. The van der Waals surface area contributed by atoms with Crippen LogP contribution in [0.15, 0.2) is 23.2 Å². The van der Waals surface area contributed by atoms with Gasteiger partial charge in [-0.1, -0.05) is 0 Å². The van der Waals surface area contributed by atoms with E-state index in [1.165, 1.54) is 0 Å². The van der Waals surface area contributed by atoms with Crippen LogP contribution in [-0.4, -0.2) is 73.9 Å². The van der Waals surface area contributed by atoms with Crippen LogP contribution in [0.5, 0.6) is 0 Å². The normalized spacial score (nSPS) is 29.0. The molecule has 2 aliphatic heterocycles. The minimum atomic E-state index is -3.61. The van der Waals surface area contributed by atoms with Gasteiger partial charge in [0.15, 0.2) is 0 Å². The van der Waals surface area contributed by atoms with Crippen molar-refractivity contribution in [2.75, 3.05) is 38.1 Å². The number of piperazine rings is 1. The Kier molecular flexibility index (Phi) is 5.08. The molecule has 3 atom stereocenters. The number of sulfonamides is 1. The molecule has 3 aliphatic rings. The number of hydrogen-bond donors (Lipinski definition) is 2. The van der Waals surface area contributed by atoms with Crippen molar-refractivity contribution in [1.82, 2.24) is 24.7 Å². The molecular formula is C22H34N6O2S. The fourth-order valence-electron chi connectivity index (χ4n) is 4.93. The number of anilines is 1. The molecule has 1 aromatic carbocycles. The summed E-state index contributed by atoms with van der Waals surface area (Å²) in [6.45, 7) is 9.98. The van der Waals surface area contributed by atoms with Crippen LogP contribution < -0.4 is 14.9 Å². The van der Waals surface area contributed by atoms with Crippen LogP contribution in [0, 0.1) is 0 Å². The topological polar surface area (TPSA) is 82.5 Å². The van der Waals surface area contributed by atoms with Crippen molar-refractivity contribution in [2.24, 2.45) is 0 Å². The third-order valence-electron chi connectivity index (χ3n) is 7.44. The molecule has 3 heterocycles. The Morgan fingerprint density at radius 3 is 2.52 bits per heavy atom. The van der Waals surface area contributed by atoms with Gasteiger partial charge in [0.25, 0.3) is 0 Å². The van der Waals surface area contributed by atoms with E-state index in [1.807, 2.05) is 29.9 Å². The quantitative estimate of drug-likeness (QED) is 0.730.